The first kappa shape index (κ1) is 11.4. The smallest absolute Gasteiger partial charge is 0.227 e. The molecular weight excluding hydrogens is 196 g/mol. The second kappa shape index (κ2) is 5.29. The van der Waals surface area contributed by atoms with Crippen molar-refractivity contribution < 1.29 is 4.79 Å². The predicted octanol–water partition coefficient (Wildman–Crippen LogP) is 1.36. The lowest BCUT2D eigenvalue weighted by atomic mass is 9.87. The van der Waals surface area contributed by atoms with Crippen molar-refractivity contribution in [1.29, 1.82) is 0 Å². The summed E-state index contributed by atoms with van der Waals surface area (Å²) in [6.45, 7) is 2.23. The summed E-state index contributed by atoms with van der Waals surface area (Å²) < 4.78 is 0. The lowest BCUT2D eigenvalue weighted by Gasteiger charge is -2.27. The Morgan fingerprint density at radius 1 is 1.57 bits per heavy atom. The molecule has 0 aromatic heterocycles. The molecule has 3 N–H and O–H groups in total. The van der Waals surface area contributed by atoms with Gasteiger partial charge in [-0.3, -0.25) is 4.79 Å². The summed E-state index contributed by atoms with van der Waals surface area (Å²) in [5.74, 6) is 0.690. The van der Waals surface area contributed by atoms with E-state index >= 15 is 0 Å². The molecule has 4 heteroatoms. The molecule has 0 aromatic rings. The second-order valence-corrected chi connectivity index (χ2v) is 4.70. The van der Waals surface area contributed by atoms with E-state index in [1.54, 1.807) is 0 Å². The molecule has 80 valence electrons. The Balaban J connectivity index is 2.28. The first-order chi connectivity index (χ1) is 6.58. The molecule has 0 aliphatic heterocycles. The minimum atomic E-state index is -0.0309. The van der Waals surface area contributed by atoms with Crippen molar-refractivity contribution in [3.8, 4) is 0 Å². The standard InChI is InChI=1S/C10H18N2OS/c1-7-3-2-4-8(5-7)12-10(13)6-9(11)14/h7-8H,2-6H2,1H3,(H2,11,14)(H,12,13). The van der Waals surface area contributed by atoms with Crippen molar-refractivity contribution >= 4 is 23.1 Å². The van der Waals surface area contributed by atoms with Gasteiger partial charge in [0.05, 0.1) is 11.4 Å². The zero-order valence-electron chi connectivity index (χ0n) is 8.58. The van der Waals surface area contributed by atoms with Gasteiger partial charge in [-0.1, -0.05) is 32.0 Å². The molecule has 0 bridgehead atoms. The zero-order chi connectivity index (χ0) is 10.6. The highest BCUT2D eigenvalue weighted by atomic mass is 32.1. The van der Waals surface area contributed by atoms with Crippen LogP contribution in [0.15, 0.2) is 0 Å². The third kappa shape index (κ3) is 4.05. The van der Waals surface area contributed by atoms with E-state index < -0.39 is 0 Å². The maximum Gasteiger partial charge on any atom is 0.227 e. The van der Waals surface area contributed by atoms with Gasteiger partial charge in [-0.15, -0.1) is 0 Å². The van der Waals surface area contributed by atoms with Gasteiger partial charge in [0.2, 0.25) is 5.91 Å². The van der Waals surface area contributed by atoms with E-state index in [-0.39, 0.29) is 17.3 Å². The maximum atomic E-state index is 11.3. The van der Waals surface area contributed by atoms with Crippen LogP contribution in [0.4, 0.5) is 0 Å². The topological polar surface area (TPSA) is 55.1 Å². The fraction of sp³-hybridized carbons (Fsp3) is 0.800. The van der Waals surface area contributed by atoms with Gasteiger partial charge in [0.25, 0.3) is 0 Å². The summed E-state index contributed by atoms with van der Waals surface area (Å²) in [4.78, 5) is 11.6. The third-order valence-electron chi connectivity index (χ3n) is 2.64. The molecular formula is C10H18N2OS. The van der Waals surface area contributed by atoms with Crippen molar-refractivity contribution in [2.24, 2.45) is 11.7 Å². The van der Waals surface area contributed by atoms with E-state index in [1.807, 2.05) is 0 Å². The van der Waals surface area contributed by atoms with Crippen molar-refractivity contribution in [3.63, 3.8) is 0 Å². The molecule has 0 radical (unpaired) electrons. The summed E-state index contributed by atoms with van der Waals surface area (Å²) in [6.07, 6.45) is 4.84. The monoisotopic (exact) mass is 214 g/mol. The van der Waals surface area contributed by atoms with E-state index in [1.165, 1.54) is 12.8 Å². The highest BCUT2D eigenvalue weighted by Crippen LogP contribution is 2.23. The molecule has 0 heterocycles. The van der Waals surface area contributed by atoms with Crippen LogP contribution in [-0.4, -0.2) is 16.9 Å². The largest absolute Gasteiger partial charge is 0.393 e. The molecule has 1 saturated carbocycles. The summed E-state index contributed by atoms with van der Waals surface area (Å²) in [7, 11) is 0. The van der Waals surface area contributed by atoms with Crippen molar-refractivity contribution in [2.75, 3.05) is 0 Å². The van der Waals surface area contributed by atoms with Gasteiger partial charge in [0, 0.05) is 6.04 Å². The average molecular weight is 214 g/mol. The average Bonchev–Trinajstić information content (AvgIpc) is 2.01. The molecule has 0 aromatic carbocycles. The van der Waals surface area contributed by atoms with Crippen LogP contribution < -0.4 is 11.1 Å². The maximum absolute atomic E-state index is 11.3. The number of hydrogen-bond donors (Lipinski definition) is 2. The summed E-state index contributed by atoms with van der Waals surface area (Å²) >= 11 is 4.68. The molecule has 1 aliphatic rings. The Labute approximate surface area is 90.4 Å². The molecule has 14 heavy (non-hydrogen) atoms. The van der Waals surface area contributed by atoms with Crippen molar-refractivity contribution in [1.82, 2.24) is 5.32 Å². The summed E-state index contributed by atoms with van der Waals surface area (Å²) in [6, 6.07) is 0.334. The van der Waals surface area contributed by atoms with Crippen LogP contribution in [0, 0.1) is 5.92 Å². The Morgan fingerprint density at radius 2 is 2.29 bits per heavy atom. The molecule has 0 spiro atoms. The predicted molar refractivity (Wildman–Crippen MR) is 61.0 cm³/mol. The molecule has 1 rings (SSSR count). The summed E-state index contributed by atoms with van der Waals surface area (Å²) in [5, 5.41) is 2.97. The van der Waals surface area contributed by atoms with Crippen LogP contribution in [0.3, 0.4) is 0 Å². The van der Waals surface area contributed by atoms with E-state index in [9.17, 15) is 4.79 Å². The number of nitrogens with two attached hydrogens (primary N) is 1. The Morgan fingerprint density at radius 3 is 2.86 bits per heavy atom. The van der Waals surface area contributed by atoms with Gasteiger partial charge in [-0.25, -0.2) is 0 Å². The van der Waals surface area contributed by atoms with Crippen LogP contribution >= 0.6 is 12.2 Å². The van der Waals surface area contributed by atoms with Crippen molar-refractivity contribution in [3.05, 3.63) is 0 Å². The van der Waals surface area contributed by atoms with Crippen molar-refractivity contribution in [2.45, 2.75) is 45.1 Å². The number of carbonyl (C=O) groups is 1. The summed E-state index contributed by atoms with van der Waals surface area (Å²) in [5.41, 5.74) is 5.30. The van der Waals surface area contributed by atoms with E-state index in [0.717, 1.165) is 18.8 Å². The van der Waals surface area contributed by atoms with Gasteiger partial charge in [0.1, 0.15) is 0 Å². The van der Waals surface area contributed by atoms with Gasteiger partial charge in [-0.05, 0) is 18.8 Å². The second-order valence-electron chi connectivity index (χ2n) is 4.18. The lowest BCUT2D eigenvalue weighted by molar-refractivity contribution is -0.120. The normalized spacial score (nSPS) is 26.9. The molecule has 1 amide bonds. The van der Waals surface area contributed by atoms with Crippen LogP contribution in [0.25, 0.3) is 0 Å². The number of amides is 1. The van der Waals surface area contributed by atoms with Gasteiger partial charge < -0.3 is 11.1 Å². The lowest BCUT2D eigenvalue weighted by Crippen LogP contribution is -2.39. The van der Waals surface area contributed by atoms with Gasteiger partial charge >= 0.3 is 0 Å². The fourth-order valence-electron chi connectivity index (χ4n) is 2.00. The molecule has 2 atom stereocenters. The van der Waals surface area contributed by atoms with Gasteiger partial charge in [0.15, 0.2) is 0 Å². The van der Waals surface area contributed by atoms with E-state index in [0.29, 0.717) is 6.04 Å². The number of carbonyl (C=O) groups excluding carboxylic acids is 1. The Bertz CT molecular complexity index is 230. The fourth-order valence-corrected chi connectivity index (χ4v) is 2.13. The first-order valence-electron chi connectivity index (χ1n) is 5.15. The van der Waals surface area contributed by atoms with Crippen LogP contribution in [-0.2, 0) is 4.79 Å². The Hall–Kier alpha value is -0.640. The van der Waals surface area contributed by atoms with Crippen LogP contribution in [0.2, 0.25) is 0 Å². The van der Waals surface area contributed by atoms with Crippen LogP contribution in [0.1, 0.15) is 39.0 Å². The molecule has 2 unspecified atom stereocenters. The minimum absolute atomic E-state index is 0.0309. The van der Waals surface area contributed by atoms with Gasteiger partial charge in [-0.2, -0.15) is 0 Å². The first-order valence-corrected chi connectivity index (χ1v) is 5.56. The molecule has 0 saturated heterocycles. The zero-order valence-corrected chi connectivity index (χ0v) is 9.40. The minimum Gasteiger partial charge on any atom is -0.393 e. The number of nitrogens with one attached hydrogen (secondary N) is 1. The molecule has 3 nitrogen and oxygen atoms in total. The number of hydrogen-bond acceptors (Lipinski definition) is 2. The molecule has 1 aliphatic carbocycles. The molecule has 1 fully saturated rings. The number of rotatable bonds is 3. The van der Waals surface area contributed by atoms with E-state index in [4.69, 9.17) is 5.73 Å². The Kier molecular flexibility index (Phi) is 4.32. The number of thiocarbonyl (C=S) groups is 1. The van der Waals surface area contributed by atoms with E-state index in [2.05, 4.69) is 24.5 Å². The highest BCUT2D eigenvalue weighted by molar-refractivity contribution is 7.80. The van der Waals surface area contributed by atoms with Crippen LogP contribution in [0.5, 0.6) is 0 Å². The quantitative estimate of drug-likeness (QED) is 0.697. The SMILES string of the molecule is CC1CCCC(NC(=O)CC(N)=S)C1. The highest BCUT2D eigenvalue weighted by Gasteiger charge is 2.20. The third-order valence-corrected chi connectivity index (χ3v) is 2.78.